The second kappa shape index (κ2) is 10.9. The molecule has 0 aliphatic rings. The van der Waals surface area contributed by atoms with Gasteiger partial charge in [0.15, 0.2) is 0 Å². The van der Waals surface area contributed by atoms with Crippen LogP contribution in [0, 0.1) is 0 Å². The lowest BCUT2D eigenvalue weighted by Crippen LogP contribution is -2.06. The lowest BCUT2D eigenvalue weighted by Gasteiger charge is -2.08. The second-order valence-corrected chi connectivity index (χ2v) is 5.70. The third-order valence-electron chi connectivity index (χ3n) is 3.65. The number of hydrogen-bond donors (Lipinski definition) is 0. The Balaban J connectivity index is 1.68. The standard InChI is InChI=1S/C21H24O5/c1-2-24-20(22)10-6-7-15-25-19-13-11-18(12-14-19)21(23)26-16-17-8-4-3-5-9-17/h3-5,8-9,11-14H,2,6-7,10,15-16H2,1H3. The van der Waals surface area contributed by atoms with E-state index in [9.17, 15) is 9.59 Å². The molecule has 2 aromatic carbocycles. The molecule has 5 nitrogen and oxygen atoms in total. The van der Waals surface area contributed by atoms with E-state index in [4.69, 9.17) is 14.2 Å². The predicted molar refractivity (Wildman–Crippen MR) is 98.0 cm³/mol. The van der Waals surface area contributed by atoms with E-state index in [1.54, 1.807) is 31.2 Å². The summed E-state index contributed by atoms with van der Waals surface area (Å²) in [6.07, 6.45) is 1.89. The van der Waals surface area contributed by atoms with E-state index in [1.807, 2.05) is 30.3 Å². The van der Waals surface area contributed by atoms with Gasteiger partial charge in [-0.05, 0) is 49.6 Å². The van der Waals surface area contributed by atoms with Gasteiger partial charge in [-0.25, -0.2) is 4.79 Å². The predicted octanol–water partition coefficient (Wildman–Crippen LogP) is 4.16. The van der Waals surface area contributed by atoms with Crippen LogP contribution in [0.3, 0.4) is 0 Å². The highest BCUT2D eigenvalue weighted by molar-refractivity contribution is 5.89. The summed E-state index contributed by atoms with van der Waals surface area (Å²) in [5.41, 5.74) is 1.43. The number of ether oxygens (including phenoxy) is 3. The molecular weight excluding hydrogens is 332 g/mol. The quantitative estimate of drug-likeness (QED) is 0.473. The Morgan fingerprint density at radius 3 is 2.31 bits per heavy atom. The third kappa shape index (κ3) is 6.97. The maximum Gasteiger partial charge on any atom is 0.338 e. The van der Waals surface area contributed by atoms with Crippen molar-refractivity contribution in [3.8, 4) is 5.75 Å². The summed E-state index contributed by atoms with van der Waals surface area (Å²) >= 11 is 0. The molecule has 0 aliphatic heterocycles. The zero-order valence-electron chi connectivity index (χ0n) is 15.0. The second-order valence-electron chi connectivity index (χ2n) is 5.70. The van der Waals surface area contributed by atoms with Gasteiger partial charge in [0.05, 0.1) is 18.8 Å². The number of carbonyl (C=O) groups excluding carboxylic acids is 2. The van der Waals surface area contributed by atoms with Crippen molar-refractivity contribution in [1.29, 1.82) is 0 Å². The van der Waals surface area contributed by atoms with Crippen LogP contribution in [-0.4, -0.2) is 25.2 Å². The summed E-state index contributed by atoms with van der Waals surface area (Å²) in [4.78, 5) is 23.3. The molecule has 0 N–H and O–H groups in total. The van der Waals surface area contributed by atoms with Crippen LogP contribution >= 0.6 is 0 Å². The summed E-state index contributed by atoms with van der Waals surface area (Å²) in [5, 5.41) is 0. The molecule has 0 amide bonds. The number of unbranched alkanes of at least 4 members (excludes halogenated alkanes) is 1. The zero-order chi connectivity index (χ0) is 18.6. The molecule has 0 radical (unpaired) electrons. The Hall–Kier alpha value is -2.82. The fourth-order valence-electron chi connectivity index (χ4n) is 2.29. The van der Waals surface area contributed by atoms with Crippen molar-refractivity contribution in [1.82, 2.24) is 0 Å². The van der Waals surface area contributed by atoms with Crippen molar-refractivity contribution in [2.24, 2.45) is 0 Å². The Kier molecular flexibility index (Phi) is 8.19. The monoisotopic (exact) mass is 356 g/mol. The van der Waals surface area contributed by atoms with Gasteiger partial charge >= 0.3 is 11.9 Å². The highest BCUT2D eigenvalue weighted by Gasteiger charge is 2.08. The third-order valence-corrected chi connectivity index (χ3v) is 3.65. The molecule has 0 unspecified atom stereocenters. The minimum atomic E-state index is -0.366. The van der Waals surface area contributed by atoms with Crippen molar-refractivity contribution < 1.29 is 23.8 Å². The van der Waals surface area contributed by atoms with Crippen LogP contribution in [0.5, 0.6) is 5.75 Å². The molecule has 0 saturated heterocycles. The van der Waals surface area contributed by atoms with Crippen LogP contribution in [0.15, 0.2) is 54.6 Å². The molecule has 0 heterocycles. The SMILES string of the molecule is CCOC(=O)CCCCOc1ccc(C(=O)OCc2ccccc2)cc1. The zero-order valence-corrected chi connectivity index (χ0v) is 15.0. The number of benzene rings is 2. The topological polar surface area (TPSA) is 61.8 Å². The molecule has 26 heavy (non-hydrogen) atoms. The van der Waals surface area contributed by atoms with E-state index >= 15 is 0 Å². The minimum Gasteiger partial charge on any atom is -0.494 e. The fraction of sp³-hybridized carbons (Fsp3) is 0.333. The van der Waals surface area contributed by atoms with E-state index in [1.165, 1.54) is 0 Å². The van der Waals surface area contributed by atoms with Gasteiger partial charge in [-0.1, -0.05) is 30.3 Å². The summed E-state index contributed by atoms with van der Waals surface area (Å²) in [5.74, 6) is 0.140. The lowest BCUT2D eigenvalue weighted by molar-refractivity contribution is -0.143. The molecule has 0 aliphatic carbocycles. The molecule has 2 aromatic rings. The average Bonchev–Trinajstić information content (AvgIpc) is 2.67. The fourth-order valence-corrected chi connectivity index (χ4v) is 2.29. The van der Waals surface area contributed by atoms with Crippen LogP contribution in [-0.2, 0) is 20.9 Å². The summed E-state index contributed by atoms with van der Waals surface area (Å²) in [6, 6.07) is 16.4. The highest BCUT2D eigenvalue weighted by Crippen LogP contribution is 2.14. The van der Waals surface area contributed by atoms with Crippen LogP contribution in [0.4, 0.5) is 0 Å². The summed E-state index contributed by atoms with van der Waals surface area (Å²) < 4.78 is 15.8. The van der Waals surface area contributed by atoms with E-state index in [0.29, 0.717) is 30.9 Å². The number of hydrogen-bond acceptors (Lipinski definition) is 5. The van der Waals surface area contributed by atoms with Gasteiger partial charge in [-0.3, -0.25) is 4.79 Å². The van der Waals surface area contributed by atoms with Gasteiger partial charge in [0.1, 0.15) is 12.4 Å². The molecule has 5 heteroatoms. The van der Waals surface area contributed by atoms with Crippen molar-refractivity contribution in [3.05, 3.63) is 65.7 Å². The molecular formula is C21H24O5. The van der Waals surface area contributed by atoms with Crippen molar-refractivity contribution >= 4 is 11.9 Å². The van der Waals surface area contributed by atoms with E-state index in [0.717, 1.165) is 18.4 Å². The van der Waals surface area contributed by atoms with Gasteiger partial charge in [-0.2, -0.15) is 0 Å². The van der Waals surface area contributed by atoms with E-state index in [2.05, 4.69) is 0 Å². The van der Waals surface area contributed by atoms with Gasteiger partial charge in [0.25, 0.3) is 0 Å². The van der Waals surface area contributed by atoms with E-state index < -0.39 is 0 Å². The first-order valence-electron chi connectivity index (χ1n) is 8.78. The number of esters is 2. The Labute approximate surface area is 153 Å². The number of rotatable bonds is 10. The van der Waals surface area contributed by atoms with Crippen molar-refractivity contribution in [3.63, 3.8) is 0 Å². The Morgan fingerprint density at radius 2 is 1.62 bits per heavy atom. The van der Waals surface area contributed by atoms with Crippen LogP contribution in [0.2, 0.25) is 0 Å². The van der Waals surface area contributed by atoms with Gasteiger partial charge < -0.3 is 14.2 Å². The summed E-state index contributed by atoms with van der Waals surface area (Å²) in [6.45, 7) is 2.97. The lowest BCUT2D eigenvalue weighted by atomic mass is 10.2. The smallest absolute Gasteiger partial charge is 0.338 e. The van der Waals surface area contributed by atoms with Gasteiger partial charge in [-0.15, -0.1) is 0 Å². The summed E-state index contributed by atoms with van der Waals surface area (Å²) in [7, 11) is 0. The molecule has 0 fully saturated rings. The van der Waals surface area contributed by atoms with Crippen molar-refractivity contribution in [2.45, 2.75) is 32.8 Å². The molecule has 0 atom stereocenters. The molecule has 0 spiro atoms. The maximum absolute atomic E-state index is 12.0. The molecule has 2 rings (SSSR count). The van der Waals surface area contributed by atoms with Crippen LogP contribution < -0.4 is 4.74 Å². The van der Waals surface area contributed by atoms with E-state index in [-0.39, 0.29) is 18.5 Å². The molecule has 0 bridgehead atoms. The highest BCUT2D eigenvalue weighted by atomic mass is 16.5. The largest absolute Gasteiger partial charge is 0.494 e. The first-order valence-corrected chi connectivity index (χ1v) is 8.78. The average molecular weight is 356 g/mol. The molecule has 138 valence electrons. The Morgan fingerprint density at radius 1 is 0.885 bits per heavy atom. The normalized spacial score (nSPS) is 10.2. The van der Waals surface area contributed by atoms with Crippen LogP contribution in [0.25, 0.3) is 0 Å². The van der Waals surface area contributed by atoms with Crippen molar-refractivity contribution in [2.75, 3.05) is 13.2 Å². The van der Waals surface area contributed by atoms with Gasteiger partial charge in [0.2, 0.25) is 0 Å². The molecule has 0 aromatic heterocycles. The Bertz CT molecular complexity index is 679. The first kappa shape index (κ1) is 19.5. The number of carbonyl (C=O) groups is 2. The molecule has 0 saturated carbocycles. The minimum absolute atomic E-state index is 0.175. The maximum atomic E-state index is 12.0. The van der Waals surface area contributed by atoms with Gasteiger partial charge in [0, 0.05) is 6.42 Å². The first-order chi connectivity index (χ1) is 12.7. The van der Waals surface area contributed by atoms with Crippen LogP contribution in [0.1, 0.15) is 42.1 Å².